The quantitative estimate of drug-likeness (QED) is 0.386. The first-order valence-electron chi connectivity index (χ1n) is 7.47. The predicted molar refractivity (Wildman–Crippen MR) is 79.4 cm³/mol. The highest BCUT2D eigenvalue weighted by atomic mass is 16.7. The van der Waals surface area contributed by atoms with E-state index < -0.39 is 42.9 Å². The Bertz CT molecular complexity index is 635. The van der Waals surface area contributed by atoms with Crippen molar-refractivity contribution in [2.45, 2.75) is 43.9 Å². The van der Waals surface area contributed by atoms with Crippen LogP contribution in [0.5, 0.6) is 0 Å². The van der Waals surface area contributed by atoms with Crippen LogP contribution in [0.3, 0.4) is 0 Å². The van der Waals surface area contributed by atoms with Gasteiger partial charge in [-0.05, 0) is 5.53 Å². The van der Waals surface area contributed by atoms with Crippen LogP contribution in [0.2, 0.25) is 0 Å². The zero-order valence-corrected chi connectivity index (χ0v) is 12.9. The van der Waals surface area contributed by atoms with E-state index in [1.165, 1.54) is 6.92 Å². The van der Waals surface area contributed by atoms with E-state index in [4.69, 9.17) is 24.5 Å². The van der Waals surface area contributed by atoms with E-state index in [-0.39, 0.29) is 6.61 Å². The zero-order chi connectivity index (χ0) is 17.1. The van der Waals surface area contributed by atoms with Crippen LogP contribution in [-0.4, -0.2) is 48.3 Å². The summed E-state index contributed by atoms with van der Waals surface area (Å²) in [5.41, 5.74) is 9.50. The van der Waals surface area contributed by atoms with Crippen molar-refractivity contribution in [3.8, 4) is 0 Å². The van der Waals surface area contributed by atoms with Crippen molar-refractivity contribution in [3.63, 3.8) is 0 Å². The van der Waals surface area contributed by atoms with Gasteiger partial charge in [0.05, 0.1) is 6.61 Å². The van der Waals surface area contributed by atoms with Gasteiger partial charge in [0.2, 0.25) is 0 Å². The lowest BCUT2D eigenvalue weighted by Crippen LogP contribution is -2.62. The van der Waals surface area contributed by atoms with Gasteiger partial charge in [0.1, 0.15) is 24.4 Å². The van der Waals surface area contributed by atoms with Gasteiger partial charge in [-0.1, -0.05) is 35.4 Å². The first-order chi connectivity index (χ1) is 11.6. The number of azide groups is 1. The van der Waals surface area contributed by atoms with Crippen molar-refractivity contribution in [2.24, 2.45) is 5.11 Å². The number of ether oxygens (including phenoxy) is 4. The monoisotopic (exact) mass is 335 g/mol. The summed E-state index contributed by atoms with van der Waals surface area (Å²) in [7, 11) is 0. The third-order valence-electron chi connectivity index (χ3n) is 3.88. The van der Waals surface area contributed by atoms with Crippen LogP contribution in [0.25, 0.3) is 10.4 Å². The normalized spacial score (nSPS) is 35.4. The third-order valence-corrected chi connectivity index (χ3v) is 3.88. The summed E-state index contributed by atoms with van der Waals surface area (Å²) in [6.45, 7) is 1.38. The molecule has 1 aromatic rings. The fourth-order valence-corrected chi connectivity index (χ4v) is 2.86. The van der Waals surface area contributed by atoms with Crippen LogP contribution in [0.1, 0.15) is 18.8 Å². The van der Waals surface area contributed by atoms with E-state index in [0.717, 1.165) is 5.56 Å². The van der Waals surface area contributed by atoms with Gasteiger partial charge in [0.25, 0.3) is 0 Å². The molecule has 0 spiro atoms. The van der Waals surface area contributed by atoms with Crippen LogP contribution in [-0.2, 0) is 23.7 Å². The summed E-state index contributed by atoms with van der Waals surface area (Å²) < 4.78 is 22.2. The lowest BCUT2D eigenvalue weighted by molar-refractivity contribution is -0.336. The first kappa shape index (κ1) is 16.7. The molecule has 3 rings (SSSR count). The third kappa shape index (κ3) is 3.35. The fraction of sp³-hybridized carbons (Fsp3) is 0.533. The number of aliphatic hydroxyl groups excluding tert-OH is 1. The molecule has 128 valence electrons. The SMILES string of the molecule is CC(=O)O[C@H]1[C@@H]2OC(c3ccccc3)OC[C@H]2OC(O)[C@@H]1N=[N+]=[N-]. The lowest BCUT2D eigenvalue weighted by Gasteiger charge is -2.46. The predicted octanol–water partition coefficient (Wildman–Crippen LogP) is 1.43. The Labute approximate surface area is 137 Å². The number of hydrogen-bond acceptors (Lipinski definition) is 7. The average Bonchev–Trinajstić information content (AvgIpc) is 2.58. The highest BCUT2D eigenvalue weighted by molar-refractivity contribution is 5.66. The Morgan fingerprint density at radius 3 is 2.79 bits per heavy atom. The molecule has 6 atom stereocenters. The van der Waals surface area contributed by atoms with Crippen LogP contribution in [0.15, 0.2) is 35.4 Å². The molecule has 2 aliphatic rings. The second kappa shape index (κ2) is 7.16. The van der Waals surface area contributed by atoms with Gasteiger partial charge in [-0.15, -0.1) is 0 Å². The Kier molecular flexibility index (Phi) is 4.98. The van der Waals surface area contributed by atoms with Crippen molar-refractivity contribution < 1.29 is 28.8 Å². The highest BCUT2D eigenvalue weighted by Crippen LogP contribution is 2.35. The maximum Gasteiger partial charge on any atom is 0.303 e. The largest absolute Gasteiger partial charge is 0.459 e. The van der Waals surface area contributed by atoms with Crippen LogP contribution in [0.4, 0.5) is 0 Å². The molecule has 0 aliphatic carbocycles. The topological polar surface area (TPSA) is 123 Å². The number of hydrogen-bond donors (Lipinski definition) is 1. The van der Waals surface area contributed by atoms with Gasteiger partial charge < -0.3 is 24.1 Å². The second-order valence-electron chi connectivity index (χ2n) is 5.51. The number of esters is 1. The maximum atomic E-state index is 11.4. The van der Waals surface area contributed by atoms with Gasteiger partial charge in [0.15, 0.2) is 12.6 Å². The molecule has 1 aromatic carbocycles. The van der Waals surface area contributed by atoms with Crippen molar-refractivity contribution >= 4 is 5.97 Å². The Balaban J connectivity index is 1.86. The molecule has 1 N–H and O–H groups in total. The van der Waals surface area contributed by atoms with Crippen LogP contribution in [0, 0.1) is 0 Å². The number of rotatable bonds is 3. The van der Waals surface area contributed by atoms with Gasteiger partial charge in [-0.3, -0.25) is 4.79 Å². The molecule has 2 aliphatic heterocycles. The summed E-state index contributed by atoms with van der Waals surface area (Å²) in [4.78, 5) is 14.1. The molecule has 0 bridgehead atoms. The highest BCUT2D eigenvalue weighted by Gasteiger charge is 2.51. The minimum absolute atomic E-state index is 0.141. The van der Waals surface area contributed by atoms with Crippen molar-refractivity contribution in [1.82, 2.24) is 0 Å². The smallest absolute Gasteiger partial charge is 0.303 e. The number of fused-ring (bicyclic) bond motifs is 1. The van der Waals surface area contributed by atoms with Crippen LogP contribution >= 0.6 is 0 Å². The average molecular weight is 335 g/mol. The maximum absolute atomic E-state index is 11.4. The molecule has 2 heterocycles. The van der Waals surface area contributed by atoms with Crippen molar-refractivity contribution in [2.75, 3.05) is 6.61 Å². The number of carbonyl (C=O) groups is 1. The second-order valence-corrected chi connectivity index (χ2v) is 5.51. The van der Waals surface area contributed by atoms with E-state index in [2.05, 4.69) is 10.0 Å². The first-order valence-corrected chi connectivity index (χ1v) is 7.47. The van der Waals surface area contributed by atoms with E-state index >= 15 is 0 Å². The summed E-state index contributed by atoms with van der Waals surface area (Å²) in [5, 5.41) is 13.5. The van der Waals surface area contributed by atoms with E-state index in [1.807, 2.05) is 30.3 Å². The van der Waals surface area contributed by atoms with Gasteiger partial charge in [0, 0.05) is 17.4 Å². The zero-order valence-electron chi connectivity index (χ0n) is 12.9. The lowest BCUT2D eigenvalue weighted by atomic mass is 9.96. The van der Waals surface area contributed by atoms with Crippen LogP contribution < -0.4 is 0 Å². The minimum Gasteiger partial charge on any atom is -0.459 e. The van der Waals surface area contributed by atoms with Gasteiger partial charge in [-0.2, -0.15) is 0 Å². The number of benzene rings is 1. The van der Waals surface area contributed by atoms with Gasteiger partial charge in [-0.25, -0.2) is 0 Å². The van der Waals surface area contributed by atoms with Crippen molar-refractivity contribution in [1.29, 1.82) is 0 Å². The fourth-order valence-electron chi connectivity index (χ4n) is 2.86. The summed E-state index contributed by atoms with van der Waals surface area (Å²) in [6, 6.07) is 8.15. The number of nitrogens with zero attached hydrogens (tertiary/aromatic N) is 3. The number of carbonyl (C=O) groups excluding carboxylic acids is 1. The molecule has 9 nitrogen and oxygen atoms in total. The molecule has 0 amide bonds. The molecule has 0 aromatic heterocycles. The number of aliphatic hydroxyl groups is 1. The summed E-state index contributed by atoms with van der Waals surface area (Å²) >= 11 is 0. The van der Waals surface area contributed by atoms with E-state index in [1.54, 1.807) is 0 Å². The molecule has 2 unspecified atom stereocenters. The summed E-state index contributed by atoms with van der Waals surface area (Å²) in [5.74, 6) is -0.572. The molecular formula is C15H17N3O6. The molecule has 2 fully saturated rings. The molecule has 0 saturated carbocycles. The molecule has 2 saturated heterocycles. The molecular weight excluding hydrogens is 318 g/mol. The Hall–Kier alpha value is -2.16. The van der Waals surface area contributed by atoms with E-state index in [0.29, 0.717) is 0 Å². The molecule has 24 heavy (non-hydrogen) atoms. The minimum atomic E-state index is -1.41. The molecule has 9 heteroatoms. The summed E-state index contributed by atoms with van der Waals surface area (Å²) in [6.07, 6.45) is -4.42. The van der Waals surface area contributed by atoms with Crippen molar-refractivity contribution in [3.05, 3.63) is 46.3 Å². The Morgan fingerprint density at radius 1 is 1.38 bits per heavy atom. The van der Waals surface area contributed by atoms with Gasteiger partial charge >= 0.3 is 5.97 Å². The van der Waals surface area contributed by atoms with E-state index in [9.17, 15) is 9.90 Å². The molecule has 0 radical (unpaired) electrons. The Morgan fingerprint density at radius 2 is 2.12 bits per heavy atom. The standard InChI is InChI=1S/C15H17N3O6/c1-8(19)22-13-11(17-18-16)14(20)23-10-7-21-15(24-12(10)13)9-5-3-2-4-6-9/h2-6,10-15,20H,7H2,1H3/t10-,11-,12-,13-,14?,15?/m1/s1.